The van der Waals surface area contributed by atoms with Crippen molar-refractivity contribution in [3.8, 4) is 0 Å². The Morgan fingerprint density at radius 3 is 2.03 bits per heavy atom. The molecule has 1 amide bonds. The van der Waals surface area contributed by atoms with Crippen LogP contribution in [0.3, 0.4) is 0 Å². The molecule has 1 fully saturated rings. The molecule has 5 heteroatoms. The van der Waals surface area contributed by atoms with E-state index in [9.17, 15) is 4.79 Å². The zero-order chi connectivity index (χ0) is 20.8. The molecule has 1 aliphatic heterocycles. The molecule has 0 atom stereocenters. The standard InChI is InChI=1S/C25H29N3OS/c1-20-12-13-23(30-20)25(29)26-14-15-27-16-18-28(19-17-27)24(21-8-4-2-5-9-21)22-10-6-3-7-11-22/h2-13,24H,14-19H2,1H3,(H,26,29). The van der Waals surface area contributed by atoms with E-state index in [1.54, 1.807) is 11.3 Å². The number of rotatable bonds is 7. The van der Waals surface area contributed by atoms with Gasteiger partial charge in [-0.3, -0.25) is 14.6 Å². The molecule has 3 aromatic rings. The number of carbonyl (C=O) groups is 1. The van der Waals surface area contributed by atoms with Crippen molar-refractivity contribution in [3.05, 3.63) is 93.7 Å². The molecule has 0 spiro atoms. The van der Waals surface area contributed by atoms with Gasteiger partial charge in [-0.15, -0.1) is 11.3 Å². The zero-order valence-corrected chi connectivity index (χ0v) is 18.3. The van der Waals surface area contributed by atoms with E-state index >= 15 is 0 Å². The molecule has 0 aliphatic carbocycles. The van der Waals surface area contributed by atoms with E-state index in [2.05, 4.69) is 75.8 Å². The van der Waals surface area contributed by atoms with Gasteiger partial charge in [-0.2, -0.15) is 0 Å². The first kappa shape index (κ1) is 20.8. The van der Waals surface area contributed by atoms with E-state index < -0.39 is 0 Å². The van der Waals surface area contributed by atoms with Crippen molar-refractivity contribution in [1.29, 1.82) is 0 Å². The minimum atomic E-state index is 0.0416. The zero-order valence-electron chi connectivity index (χ0n) is 17.5. The molecule has 2 aromatic carbocycles. The molecule has 156 valence electrons. The van der Waals surface area contributed by atoms with Crippen LogP contribution in [0.15, 0.2) is 72.8 Å². The Hall–Kier alpha value is -2.47. The predicted molar refractivity (Wildman–Crippen MR) is 124 cm³/mol. The number of carbonyl (C=O) groups excluding carboxylic acids is 1. The highest BCUT2D eigenvalue weighted by Crippen LogP contribution is 2.29. The Labute approximate surface area is 183 Å². The quantitative estimate of drug-likeness (QED) is 0.624. The third-order valence-corrected chi connectivity index (χ3v) is 6.68. The first-order valence-electron chi connectivity index (χ1n) is 10.6. The van der Waals surface area contributed by atoms with E-state index in [1.807, 2.05) is 19.1 Å². The molecule has 0 unspecified atom stereocenters. The number of nitrogens with one attached hydrogen (secondary N) is 1. The average molecular weight is 420 g/mol. The maximum atomic E-state index is 12.2. The molecule has 1 aliphatic rings. The second kappa shape index (κ2) is 10.0. The summed E-state index contributed by atoms with van der Waals surface area (Å²) < 4.78 is 0. The molecule has 1 aromatic heterocycles. The lowest BCUT2D eigenvalue weighted by molar-refractivity contribution is 0.0924. The van der Waals surface area contributed by atoms with E-state index in [1.165, 1.54) is 16.0 Å². The molecule has 0 saturated carbocycles. The normalized spacial score (nSPS) is 15.4. The topological polar surface area (TPSA) is 35.6 Å². The summed E-state index contributed by atoms with van der Waals surface area (Å²) in [6.45, 7) is 7.69. The van der Waals surface area contributed by atoms with Crippen LogP contribution in [0.2, 0.25) is 0 Å². The van der Waals surface area contributed by atoms with Gasteiger partial charge < -0.3 is 5.32 Å². The van der Waals surface area contributed by atoms with Gasteiger partial charge >= 0.3 is 0 Å². The van der Waals surface area contributed by atoms with Crippen LogP contribution < -0.4 is 5.32 Å². The number of nitrogens with zero attached hydrogens (tertiary/aromatic N) is 2. The summed E-state index contributed by atoms with van der Waals surface area (Å²) in [6, 6.07) is 25.8. The molecular formula is C25H29N3OS. The van der Waals surface area contributed by atoms with Crippen molar-refractivity contribution >= 4 is 17.2 Å². The van der Waals surface area contributed by atoms with E-state index in [0.29, 0.717) is 6.54 Å². The predicted octanol–water partition coefficient (Wildman–Crippen LogP) is 4.19. The van der Waals surface area contributed by atoms with Crippen LogP contribution in [0.25, 0.3) is 0 Å². The Morgan fingerprint density at radius 1 is 0.900 bits per heavy atom. The fourth-order valence-corrected chi connectivity index (χ4v) is 4.89. The third-order valence-electron chi connectivity index (χ3n) is 5.68. The van der Waals surface area contributed by atoms with Crippen molar-refractivity contribution in [2.45, 2.75) is 13.0 Å². The Balaban J connectivity index is 1.32. The van der Waals surface area contributed by atoms with Gasteiger partial charge in [0.25, 0.3) is 5.91 Å². The highest BCUT2D eigenvalue weighted by molar-refractivity contribution is 7.13. The Kier molecular flexibility index (Phi) is 6.95. The van der Waals surface area contributed by atoms with Crippen LogP contribution in [0, 0.1) is 6.92 Å². The second-order valence-electron chi connectivity index (χ2n) is 7.77. The summed E-state index contributed by atoms with van der Waals surface area (Å²) in [4.78, 5) is 19.2. The molecule has 0 radical (unpaired) electrons. The van der Waals surface area contributed by atoms with E-state index in [4.69, 9.17) is 0 Å². The molecule has 1 N–H and O–H groups in total. The number of benzene rings is 2. The highest BCUT2D eigenvalue weighted by Gasteiger charge is 2.26. The lowest BCUT2D eigenvalue weighted by Crippen LogP contribution is -2.49. The summed E-state index contributed by atoms with van der Waals surface area (Å²) in [6.07, 6.45) is 0. The number of thiophene rings is 1. The van der Waals surface area contributed by atoms with Gasteiger partial charge in [-0.25, -0.2) is 0 Å². The van der Waals surface area contributed by atoms with Crippen LogP contribution in [-0.4, -0.2) is 55.0 Å². The van der Waals surface area contributed by atoms with Gasteiger partial charge in [-0.1, -0.05) is 60.7 Å². The molecule has 2 heterocycles. The summed E-state index contributed by atoms with van der Waals surface area (Å²) in [5, 5.41) is 3.06. The third kappa shape index (κ3) is 5.17. The number of amides is 1. The maximum absolute atomic E-state index is 12.2. The smallest absolute Gasteiger partial charge is 0.261 e. The average Bonchev–Trinajstić information content (AvgIpc) is 3.23. The summed E-state index contributed by atoms with van der Waals surface area (Å²) >= 11 is 1.55. The van der Waals surface area contributed by atoms with Crippen molar-refractivity contribution < 1.29 is 4.79 Å². The van der Waals surface area contributed by atoms with Crippen molar-refractivity contribution in [2.24, 2.45) is 0 Å². The lowest BCUT2D eigenvalue weighted by atomic mass is 9.96. The highest BCUT2D eigenvalue weighted by atomic mass is 32.1. The molecule has 30 heavy (non-hydrogen) atoms. The SMILES string of the molecule is Cc1ccc(C(=O)NCCN2CCN(C(c3ccccc3)c3ccccc3)CC2)s1. The van der Waals surface area contributed by atoms with Crippen LogP contribution in [0.1, 0.15) is 31.7 Å². The first-order valence-corrected chi connectivity index (χ1v) is 11.4. The van der Waals surface area contributed by atoms with Gasteiger partial charge in [0, 0.05) is 44.1 Å². The summed E-state index contributed by atoms with van der Waals surface area (Å²) in [5.41, 5.74) is 2.69. The lowest BCUT2D eigenvalue weighted by Gasteiger charge is -2.39. The van der Waals surface area contributed by atoms with Crippen molar-refractivity contribution in [1.82, 2.24) is 15.1 Å². The number of aryl methyl sites for hydroxylation is 1. The largest absolute Gasteiger partial charge is 0.350 e. The number of hydrogen-bond donors (Lipinski definition) is 1. The van der Waals surface area contributed by atoms with Crippen LogP contribution >= 0.6 is 11.3 Å². The van der Waals surface area contributed by atoms with Crippen molar-refractivity contribution in [3.63, 3.8) is 0 Å². The second-order valence-corrected chi connectivity index (χ2v) is 9.06. The minimum absolute atomic E-state index is 0.0416. The van der Waals surface area contributed by atoms with Gasteiger partial charge in [0.05, 0.1) is 10.9 Å². The van der Waals surface area contributed by atoms with Crippen LogP contribution in [-0.2, 0) is 0 Å². The number of hydrogen-bond acceptors (Lipinski definition) is 4. The molecule has 1 saturated heterocycles. The number of piperazine rings is 1. The fourth-order valence-electron chi connectivity index (χ4n) is 4.10. The van der Waals surface area contributed by atoms with Gasteiger partial charge in [0.1, 0.15) is 0 Å². The van der Waals surface area contributed by atoms with Gasteiger partial charge in [0.15, 0.2) is 0 Å². The van der Waals surface area contributed by atoms with Crippen LogP contribution in [0.5, 0.6) is 0 Å². The van der Waals surface area contributed by atoms with E-state index in [0.717, 1.165) is 37.6 Å². The molecule has 4 nitrogen and oxygen atoms in total. The Bertz CT molecular complexity index is 894. The van der Waals surface area contributed by atoms with E-state index in [-0.39, 0.29) is 11.9 Å². The Morgan fingerprint density at radius 2 is 1.50 bits per heavy atom. The monoisotopic (exact) mass is 419 g/mol. The van der Waals surface area contributed by atoms with Gasteiger partial charge in [0.2, 0.25) is 0 Å². The van der Waals surface area contributed by atoms with Gasteiger partial charge in [-0.05, 0) is 30.2 Å². The fraction of sp³-hybridized carbons (Fsp3) is 0.320. The minimum Gasteiger partial charge on any atom is -0.350 e. The van der Waals surface area contributed by atoms with Crippen molar-refractivity contribution in [2.75, 3.05) is 39.3 Å². The summed E-state index contributed by atoms with van der Waals surface area (Å²) in [5.74, 6) is 0.0416. The molecule has 0 bridgehead atoms. The first-order chi connectivity index (χ1) is 14.7. The summed E-state index contributed by atoms with van der Waals surface area (Å²) in [7, 11) is 0. The maximum Gasteiger partial charge on any atom is 0.261 e. The molecular weight excluding hydrogens is 390 g/mol. The molecule has 4 rings (SSSR count). The van der Waals surface area contributed by atoms with Crippen LogP contribution in [0.4, 0.5) is 0 Å².